The van der Waals surface area contributed by atoms with Crippen LogP contribution >= 0.6 is 0 Å². The van der Waals surface area contributed by atoms with E-state index in [1.54, 1.807) is 6.26 Å². The Bertz CT molecular complexity index is 309. The number of amides is 1. The average molecular weight is 238 g/mol. The smallest absolute Gasteiger partial charge is 0.234 e. The molecule has 1 rings (SSSR count). The molecule has 2 N–H and O–H groups in total. The van der Waals surface area contributed by atoms with Crippen molar-refractivity contribution in [3.63, 3.8) is 0 Å². The van der Waals surface area contributed by atoms with E-state index in [9.17, 15) is 4.79 Å². The number of carbonyl (C=O) groups is 1. The third-order valence-corrected chi connectivity index (χ3v) is 2.54. The minimum Gasteiger partial charge on any atom is -0.469 e. The molecule has 4 nitrogen and oxygen atoms in total. The van der Waals surface area contributed by atoms with Crippen molar-refractivity contribution in [3.05, 3.63) is 24.2 Å². The third-order valence-electron chi connectivity index (χ3n) is 2.54. The van der Waals surface area contributed by atoms with E-state index in [0.29, 0.717) is 6.54 Å². The minimum absolute atomic E-state index is 0.0606. The lowest BCUT2D eigenvalue weighted by molar-refractivity contribution is -0.120. The lowest BCUT2D eigenvalue weighted by Gasteiger charge is -2.12. The summed E-state index contributed by atoms with van der Waals surface area (Å²) >= 11 is 0. The Hall–Kier alpha value is -1.29. The first kappa shape index (κ1) is 13.8. The number of nitrogens with one attached hydrogen (secondary N) is 2. The fourth-order valence-corrected chi connectivity index (χ4v) is 1.70. The Morgan fingerprint density at radius 2 is 2.35 bits per heavy atom. The van der Waals surface area contributed by atoms with Crippen LogP contribution in [0, 0.1) is 0 Å². The van der Waals surface area contributed by atoms with E-state index in [-0.39, 0.29) is 11.9 Å². The molecule has 1 aromatic rings. The van der Waals surface area contributed by atoms with E-state index < -0.39 is 0 Å². The van der Waals surface area contributed by atoms with Crippen LogP contribution in [0.5, 0.6) is 0 Å². The molecule has 1 atom stereocenters. The van der Waals surface area contributed by atoms with E-state index in [2.05, 4.69) is 17.6 Å². The molecule has 0 bridgehead atoms. The summed E-state index contributed by atoms with van der Waals surface area (Å²) in [5, 5.41) is 6.05. The standard InChI is InChI=1S/C13H22N2O2/c1-3-5-11(2)15-13(16)10-14-8-7-12-6-4-9-17-12/h4,6,9,11,14H,3,5,7-8,10H2,1-2H3,(H,15,16). The first-order valence-corrected chi connectivity index (χ1v) is 6.24. The second kappa shape index (κ2) is 7.90. The van der Waals surface area contributed by atoms with Gasteiger partial charge in [0.2, 0.25) is 5.91 Å². The maximum atomic E-state index is 11.5. The van der Waals surface area contributed by atoms with Gasteiger partial charge in [0.05, 0.1) is 12.8 Å². The Kier molecular flexibility index (Phi) is 6.40. The topological polar surface area (TPSA) is 54.3 Å². The highest BCUT2D eigenvalue weighted by atomic mass is 16.3. The molecule has 0 radical (unpaired) electrons. The van der Waals surface area contributed by atoms with Crippen LogP contribution in [0.15, 0.2) is 22.8 Å². The fourth-order valence-electron chi connectivity index (χ4n) is 1.70. The van der Waals surface area contributed by atoms with E-state index >= 15 is 0 Å². The van der Waals surface area contributed by atoms with Gasteiger partial charge in [-0.3, -0.25) is 4.79 Å². The molecule has 4 heteroatoms. The van der Waals surface area contributed by atoms with E-state index in [1.165, 1.54) is 0 Å². The van der Waals surface area contributed by atoms with Crippen LogP contribution < -0.4 is 10.6 Å². The summed E-state index contributed by atoms with van der Waals surface area (Å²) in [4.78, 5) is 11.5. The summed E-state index contributed by atoms with van der Waals surface area (Å²) in [6, 6.07) is 4.07. The van der Waals surface area contributed by atoms with Gasteiger partial charge in [-0.2, -0.15) is 0 Å². The Balaban J connectivity index is 2.04. The molecular formula is C13H22N2O2. The number of rotatable bonds is 8. The molecule has 0 fully saturated rings. The van der Waals surface area contributed by atoms with Gasteiger partial charge in [-0.25, -0.2) is 0 Å². The van der Waals surface area contributed by atoms with Gasteiger partial charge in [0.15, 0.2) is 0 Å². The monoisotopic (exact) mass is 238 g/mol. The maximum Gasteiger partial charge on any atom is 0.234 e. The SMILES string of the molecule is CCCC(C)NC(=O)CNCCc1ccco1. The Labute approximate surface area is 103 Å². The van der Waals surface area contributed by atoms with Crippen LogP contribution in [-0.4, -0.2) is 25.0 Å². The van der Waals surface area contributed by atoms with Crippen molar-refractivity contribution >= 4 is 5.91 Å². The highest BCUT2D eigenvalue weighted by Crippen LogP contribution is 1.99. The van der Waals surface area contributed by atoms with Crippen LogP contribution in [-0.2, 0) is 11.2 Å². The molecule has 1 unspecified atom stereocenters. The van der Waals surface area contributed by atoms with Gasteiger partial charge in [-0.15, -0.1) is 0 Å². The highest BCUT2D eigenvalue weighted by molar-refractivity contribution is 5.78. The van der Waals surface area contributed by atoms with E-state index in [1.807, 2.05) is 19.1 Å². The molecule has 0 aliphatic rings. The maximum absolute atomic E-state index is 11.5. The van der Waals surface area contributed by atoms with Crippen molar-refractivity contribution in [2.45, 2.75) is 39.2 Å². The predicted molar refractivity (Wildman–Crippen MR) is 67.8 cm³/mol. The normalized spacial score (nSPS) is 12.4. The molecular weight excluding hydrogens is 216 g/mol. The van der Waals surface area contributed by atoms with Crippen LogP contribution in [0.2, 0.25) is 0 Å². The molecule has 0 aromatic carbocycles. The Morgan fingerprint density at radius 1 is 1.53 bits per heavy atom. The first-order chi connectivity index (χ1) is 8.22. The van der Waals surface area contributed by atoms with Gasteiger partial charge in [0.1, 0.15) is 5.76 Å². The van der Waals surface area contributed by atoms with Crippen LogP contribution in [0.25, 0.3) is 0 Å². The van der Waals surface area contributed by atoms with Crippen molar-refractivity contribution < 1.29 is 9.21 Å². The number of hydrogen-bond acceptors (Lipinski definition) is 3. The number of hydrogen-bond donors (Lipinski definition) is 2. The lowest BCUT2D eigenvalue weighted by Crippen LogP contribution is -2.39. The zero-order valence-corrected chi connectivity index (χ0v) is 10.7. The van der Waals surface area contributed by atoms with Crippen molar-refractivity contribution in [3.8, 4) is 0 Å². The fraction of sp³-hybridized carbons (Fsp3) is 0.615. The zero-order valence-electron chi connectivity index (χ0n) is 10.7. The van der Waals surface area contributed by atoms with Gasteiger partial charge >= 0.3 is 0 Å². The molecule has 1 heterocycles. The quantitative estimate of drug-likeness (QED) is 0.678. The van der Waals surface area contributed by atoms with Gasteiger partial charge < -0.3 is 15.1 Å². The molecule has 96 valence electrons. The second-order valence-electron chi connectivity index (χ2n) is 4.26. The van der Waals surface area contributed by atoms with E-state index in [0.717, 1.165) is 31.6 Å². The summed E-state index contributed by atoms with van der Waals surface area (Å²) in [6.45, 7) is 5.27. The van der Waals surface area contributed by atoms with Gasteiger partial charge in [-0.1, -0.05) is 13.3 Å². The predicted octanol–water partition coefficient (Wildman–Crippen LogP) is 1.72. The van der Waals surface area contributed by atoms with Gasteiger partial charge in [-0.05, 0) is 25.5 Å². The largest absolute Gasteiger partial charge is 0.469 e. The van der Waals surface area contributed by atoms with E-state index in [4.69, 9.17) is 4.42 Å². The Morgan fingerprint density at radius 3 is 3.00 bits per heavy atom. The van der Waals surface area contributed by atoms with Gasteiger partial charge in [0, 0.05) is 19.0 Å². The summed E-state index contributed by atoms with van der Waals surface area (Å²) in [5.74, 6) is 1.00. The molecule has 0 saturated carbocycles. The second-order valence-corrected chi connectivity index (χ2v) is 4.26. The lowest BCUT2D eigenvalue weighted by atomic mass is 10.2. The van der Waals surface area contributed by atoms with Crippen molar-refractivity contribution in [2.75, 3.05) is 13.1 Å². The average Bonchev–Trinajstić information content (AvgIpc) is 2.77. The van der Waals surface area contributed by atoms with Crippen LogP contribution in [0.1, 0.15) is 32.4 Å². The summed E-state index contributed by atoms with van der Waals surface area (Å²) in [6.07, 6.45) is 4.59. The molecule has 17 heavy (non-hydrogen) atoms. The molecule has 0 spiro atoms. The molecule has 1 amide bonds. The number of furan rings is 1. The van der Waals surface area contributed by atoms with Gasteiger partial charge in [0.25, 0.3) is 0 Å². The van der Waals surface area contributed by atoms with Crippen molar-refractivity contribution in [1.29, 1.82) is 0 Å². The summed E-state index contributed by atoms with van der Waals surface area (Å²) in [7, 11) is 0. The third kappa shape index (κ3) is 6.12. The molecule has 0 aliphatic heterocycles. The molecule has 1 aromatic heterocycles. The van der Waals surface area contributed by atoms with Crippen LogP contribution in [0.3, 0.4) is 0 Å². The van der Waals surface area contributed by atoms with Crippen molar-refractivity contribution in [1.82, 2.24) is 10.6 Å². The van der Waals surface area contributed by atoms with Crippen LogP contribution in [0.4, 0.5) is 0 Å². The minimum atomic E-state index is 0.0606. The first-order valence-electron chi connectivity index (χ1n) is 6.24. The number of carbonyl (C=O) groups excluding carboxylic acids is 1. The zero-order chi connectivity index (χ0) is 12.5. The molecule has 0 aliphatic carbocycles. The summed E-state index contributed by atoms with van der Waals surface area (Å²) < 4.78 is 5.20. The summed E-state index contributed by atoms with van der Waals surface area (Å²) in [5.41, 5.74) is 0. The highest BCUT2D eigenvalue weighted by Gasteiger charge is 2.05. The van der Waals surface area contributed by atoms with Crippen molar-refractivity contribution in [2.24, 2.45) is 0 Å². The molecule has 0 saturated heterocycles.